The van der Waals surface area contributed by atoms with Crippen molar-refractivity contribution in [2.24, 2.45) is 5.92 Å². The number of sulfone groups is 1. The number of rotatable bonds is 2. The summed E-state index contributed by atoms with van der Waals surface area (Å²) in [7, 11) is -3.05. The van der Waals surface area contributed by atoms with Crippen molar-refractivity contribution in [3.05, 3.63) is 0 Å². The third-order valence-electron chi connectivity index (χ3n) is 4.41. The Balaban J connectivity index is 2.17. The van der Waals surface area contributed by atoms with E-state index in [2.05, 4.69) is 18.7 Å². The number of amides is 1. The number of carbonyl (C=O) groups excluding carboxylic acids is 1. The molecule has 0 aromatic carbocycles. The summed E-state index contributed by atoms with van der Waals surface area (Å²) >= 11 is 0. The number of likely N-dealkylation sites (tertiary alicyclic amines) is 1. The zero-order valence-electron chi connectivity index (χ0n) is 12.7. The van der Waals surface area contributed by atoms with Crippen molar-refractivity contribution in [2.45, 2.75) is 44.9 Å². The quantitative estimate of drug-likeness (QED) is 0.755. The van der Waals surface area contributed by atoms with Crippen LogP contribution in [0.2, 0.25) is 0 Å². The summed E-state index contributed by atoms with van der Waals surface area (Å²) in [5.74, 6) is 0.709. The molecule has 6 heteroatoms. The maximum atomic E-state index is 12.3. The van der Waals surface area contributed by atoms with Crippen LogP contribution in [-0.4, -0.2) is 67.3 Å². The van der Waals surface area contributed by atoms with Crippen LogP contribution in [0.3, 0.4) is 0 Å². The minimum atomic E-state index is -3.05. The second-order valence-electron chi connectivity index (χ2n) is 6.46. The molecule has 2 aliphatic heterocycles. The van der Waals surface area contributed by atoms with Gasteiger partial charge in [0.05, 0.1) is 11.0 Å². The summed E-state index contributed by atoms with van der Waals surface area (Å²) in [6.45, 7) is 8.98. The van der Waals surface area contributed by atoms with Crippen LogP contribution < -0.4 is 0 Å². The fraction of sp³-hybridized carbons (Fsp3) is 0.929. The number of nitrogens with zero attached hydrogens (tertiary/aromatic N) is 2. The lowest BCUT2D eigenvalue weighted by Gasteiger charge is -2.39. The smallest absolute Gasteiger partial charge is 0.219 e. The van der Waals surface area contributed by atoms with E-state index < -0.39 is 9.84 Å². The molecule has 2 saturated heterocycles. The lowest BCUT2D eigenvalue weighted by molar-refractivity contribution is -0.131. The van der Waals surface area contributed by atoms with Gasteiger partial charge in [-0.3, -0.25) is 4.79 Å². The van der Waals surface area contributed by atoms with Crippen molar-refractivity contribution in [3.63, 3.8) is 0 Å². The molecule has 0 aromatic heterocycles. The highest BCUT2D eigenvalue weighted by Crippen LogP contribution is 2.28. The molecule has 2 heterocycles. The minimum absolute atomic E-state index is 0.00668. The molecule has 20 heavy (non-hydrogen) atoms. The van der Waals surface area contributed by atoms with E-state index in [1.807, 2.05) is 0 Å². The van der Waals surface area contributed by atoms with Gasteiger partial charge in [-0.15, -0.1) is 0 Å². The van der Waals surface area contributed by atoms with Gasteiger partial charge in [0.2, 0.25) is 5.91 Å². The van der Waals surface area contributed by atoms with Crippen LogP contribution in [0.25, 0.3) is 0 Å². The van der Waals surface area contributed by atoms with Gasteiger partial charge in [0, 0.05) is 32.6 Å². The van der Waals surface area contributed by atoms with E-state index in [0.29, 0.717) is 18.9 Å². The number of carbonyl (C=O) groups is 1. The van der Waals surface area contributed by atoms with Crippen LogP contribution in [0.5, 0.6) is 0 Å². The molecule has 0 saturated carbocycles. The highest BCUT2D eigenvalue weighted by atomic mass is 32.2. The van der Waals surface area contributed by atoms with E-state index in [1.54, 1.807) is 11.8 Å². The van der Waals surface area contributed by atoms with E-state index in [4.69, 9.17) is 0 Å². The standard InChI is InChI=1S/C14H26N2O3S/c1-11(2)10-15-6-4-13-14(5-7-15)20(18,19)9-8-16(13)12(3)17/h11,13-14H,4-10H2,1-3H3/t13-,14+/m0/s1. The van der Waals surface area contributed by atoms with Gasteiger partial charge < -0.3 is 9.80 Å². The fourth-order valence-corrected chi connectivity index (χ4v) is 5.50. The van der Waals surface area contributed by atoms with Crippen molar-refractivity contribution in [3.8, 4) is 0 Å². The fourth-order valence-electron chi connectivity index (χ4n) is 3.52. The average molecular weight is 302 g/mol. The number of hydrogen-bond donors (Lipinski definition) is 0. The zero-order chi connectivity index (χ0) is 14.9. The minimum Gasteiger partial charge on any atom is -0.338 e. The van der Waals surface area contributed by atoms with E-state index >= 15 is 0 Å². The molecule has 0 N–H and O–H groups in total. The van der Waals surface area contributed by atoms with Gasteiger partial charge in [-0.05, 0) is 25.3 Å². The van der Waals surface area contributed by atoms with Crippen LogP contribution in [0, 0.1) is 5.92 Å². The molecule has 1 amide bonds. The summed E-state index contributed by atoms with van der Waals surface area (Å²) < 4.78 is 24.6. The van der Waals surface area contributed by atoms with Crippen molar-refractivity contribution in [1.29, 1.82) is 0 Å². The summed E-state index contributed by atoms with van der Waals surface area (Å²) in [5.41, 5.74) is 0. The lowest BCUT2D eigenvalue weighted by Crippen LogP contribution is -2.56. The van der Waals surface area contributed by atoms with Crippen LogP contribution in [0.4, 0.5) is 0 Å². The Morgan fingerprint density at radius 1 is 1.20 bits per heavy atom. The zero-order valence-corrected chi connectivity index (χ0v) is 13.5. The Kier molecular flexibility index (Phi) is 4.74. The van der Waals surface area contributed by atoms with Gasteiger partial charge >= 0.3 is 0 Å². The van der Waals surface area contributed by atoms with E-state index in [-0.39, 0.29) is 23.0 Å². The van der Waals surface area contributed by atoms with Crippen molar-refractivity contribution in [1.82, 2.24) is 9.80 Å². The normalized spacial score (nSPS) is 30.9. The first-order valence-corrected chi connectivity index (χ1v) is 9.24. The van der Waals surface area contributed by atoms with Crippen LogP contribution in [0.1, 0.15) is 33.6 Å². The van der Waals surface area contributed by atoms with Crippen LogP contribution in [0.15, 0.2) is 0 Å². The Morgan fingerprint density at radius 2 is 1.85 bits per heavy atom. The summed E-state index contributed by atoms with van der Waals surface area (Å²) in [4.78, 5) is 15.9. The second kappa shape index (κ2) is 6.02. The van der Waals surface area contributed by atoms with E-state index in [1.165, 1.54) is 0 Å². The molecule has 5 nitrogen and oxygen atoms in total. The predicted octanol–water partition coefficient (Wildman–Crippen LogP) is 0.752. The first-order valence-electron chi connectivity index (χ1n) is 7.52. The topological polar surface area (TPSA) is 57.7 Å². The Hall–Kier alpha value is -0.620. The Labute approximate surface area is 122 Å². The van der Waals surface area contributed by atoms with Gasteiger partial charge in [-0.2, -0.15) is 0 Å². The molecule has 0 bridgehead atoms. The molecular formula is C14H26N2O3S. The first kappa shape index (κ1) is 15.8. The van der Waals surface area contributed by atoms with Gasteiger partial charge in [-0.25, -0.2) is 8.42 Å². The molecule has 0 aromatic rings. The maximum absolute atomic E-state index is 12.3. The molecule has 0 unspecified atom stereocenters. The number of hydrogen-bond acceptors (Lipinski definition) is 4. The molecule has 2 fully saturated rings. The Morgan fingerprint density at radius 3 is 2.45 bits per heavy atom. The Bertz CT molecular complexity index is 461. The molecule has 0 radical (unpaired) electrons. The summed E-state index contributed by atoms with van der Waals surface area (Å²) in [5, 5.41) is -0.364. The van der Waals surface area contributed by atoms with Crippen molar-refractivity contribution in [2.75, 3.05) is 31.9 Å². The molecule has 116 valence electrons. The van der Waals surface area contributed by atoms with Crippen LogP contribution in [-0.2, 0) is 14.6 Å². The summed E-state index contributed by atoms with van der Waals surface area (Å²) in [6.07, 6.45) is 1.43. The maximum Gasteiger partial charge on any atom is 0.219 e. The summed E-state index contributed by atoms with van der Waals surface area (Å²) in [6, 6.07) is -0.122. The van der Waals surface area contributed by atoms with Gasteiger partial charge in [0.1, 0.15) is 0 Å². The highest BCUT2D eigenvalue weighted by molar-refractivity contribution is 7.92. The van der Waals surface area contributed by atoms with Gasteiger partial charge in [-0.1, -0.05) is 13.8 Å². The second-order valence-corrected chi connectivity index (χ2v) is 8.80. The first-order chi connectivity index (χ1) is 9.31. The molecule has 0 aliphatic carbocycles. The lowest BCUT2D eigenvalue weighted by atomic mass is 10.1. The molecule has 2 aliphatic rings. The molecule has 2 atom stereocenters. The van der Waals surface area contributed by atoms with E-state index in [0.717, 1.165) is 26.1 Å². The SMILES string of the molecule is CC(=O)N1CCS(=O)(=O)[C@@H]2CCN(CC(C)C)CC[C@@H]21. The van der Waals surface area contributed by atoms with Crippen molar-refractivity contribution < 1.29 is 13.2 Å². The molecule has 0 spiro atoms. The predicted molar refractivity (Wildman–Crippen MR) is 79.3 cm³/mol. The average Bonchev–Trinajstić information content (AvgIpc) is 2.52. The largest absolute Gasteiger partial charge is 0.338 e. The van der Waals surface area contributed by atoms with Crippen molar-refractivity contribution >= 4 is 15.7 Å². The molecule has 2 rings (SSSR count). The van der Waals surface area contributed by atoms with E-state index in [9.17, 15) is 13.2 Å². The monoisotopic (exact) mass is 302 g/mol. The van der Waals surface area contributed by atoms with Crippen LogP contribution >= 0.6 is 0 Å². The molecular weight excluding hydrogens is 276 g/mol. The van der Waals surface area contributed by atoms with Gasteiger partial charge in [0.25, 0.3) is 0 Å². The highest BCUT2D eigenvalue weighted by Gasteiger charge is 2.43. The van der Waals surface area contributed by atoms with Gasteiger partial charge in [0.15, 0.2) is 9.84 Å². The number of fused-ring (bicyclic) bond motifs is 1. The third kappa shape index (κ3) is 3.34. The third-order valence-corrected chi connectivity index (χ3v) is 6.63.